The number of aromatic nitrogens is 3. The molecular weight excluding hydrogens is 278 g/mol. The molecule has 3 aromatic heterocycles. The fraction of sp³-hybridized carbons (Fsp3) is 0.0588. The maximum absolute atomic E-state index is 4.68. The first-order chi connectivity index (χ1) is 10.4. The monoisotopic (exact) mass is 291 g/mol. The zero-order valence-corrected chi connectivity index (χ0v) is 12.1. The summed E-state index contributed by atoms with van der Waals surface area (Å²) < 4.78 is 1.20. The van der Waals surface area contributed by atoms with Gasteiger partial charge in [-0.05, 0) is 23.8 Å². The summed E-state index contributed by atoms with van der Waals surface area (Å²) in [6.45, 7) is 0. The molecule has 0 saturated carbocycles. The zero-order valence-electron chi connectivity index (χ0n) is 11.3. The number of hydrogen-bond donors (Lipinski definition) is 1. The Kier molecular flexibility index (Phi) is 3.01. The lowest BCUT2D eigenvalue weighted by Gasteiger charge is -1.97. The fourth-order valence-corrected chi connectivity index (χ4v) is 3.39. The van der Waals surface area contributed by atoms with E-state index in [9.17, 15) is 0 Å². The molecule has 0 saturated heterocycles. The van der Waals surface area contributed by atoms with Gasteiger partial charge in [0.15, 0.2) is 0 Å². The third-order valence-corrected chi connectivity index (χ3v) is 4.45. The van der Waals surface area contributed by atoms with E-state index in [4.69, 9.17) is 0 Å². The minimum Gasteiger partial charge on any atom is -0.342 e. The number of nitrogens with zero attached hydrogens (tertiary/aromatic N) is 2. The Balaban J connectivity index is 1.65. The highest BCUT2D eigenvalue weighted by Crippen LogP contribution is 2.30. The molecule has 0 aliphatic rings. The molecule has 4 aromatic rings. The Hall–Kier alpha value is -2.46. The molecular formula is C17H13N3S. The van der Waals surface area contributed by atoms with E-state index in [1.807, 2.05) is 18.2 Å². The SMILES string of the molecule is c1ccc(Cc2cc3sc(-c4ccncc4)nc3[nH]2)cc1. The third kappa shape index (κ3) is 2.45. The van der Waals surface area contributed by atoms with Crippen LogP contribution >= 0.6 is 11.3 Å². The Morgan fingerprint density at radius 1 is 1.00 bits per heavy atom. The molecule has 4 heteroatoms. The van der Waals surface area contributed by atoms with Gasteiger partial charge in [0.1, 0.15) is 10.7 Å². The summed E-state index contributed by atoms with van der Waals surface area (Å²) in [5, 5.41) is 1.03. The van der Waals surface area contributed by atoms with E-state index in [2.05, 4.69) is 45.3 Å². The van der Waals surface area contributed by atoms with E-state index >= 15 is 0 Å². The van der Waals surface area contributed by atoms with Crippen molar-refractivity contribution in [3.05, 3.63) is 72.2 Å². The van der Waals surface area contributed by atoms with Crippen molar-refractivity contribution >= 4 is 21.7 Å². The topological polar surface area (TPSA) is 41.6 Å². The molecule has 0 atom stereocenters. The van der Waals surface area contributed by atoms with Gasteiger partial charge in [0.25, 0.3) is 0 Å². The minimum absolute atomic E-state index is 0.911. The van der Waals surface area contributed by atoms with Gasteiger partial charge in [-0.15, -0.1) is 11.3 Å². The molecule has 0 fully saturated rings. The molecule has 21 heavy (non-hydrogen) atoms. The summed E-state index contributed by atoms with van der Waals surface area (Å²) in [4.78, 5) is 12.1. The molecule has 4 rings (SSSR count). The highest BCUT2D eigenvalue weighted by atomic mass is 32.1. The fourth-order valence-electron chi connectivity index (χ4n) is 2.39. The molecule has 3 heterocycles. The van der Waals surface area contributed by atoms with E-state index in [0.717, 1.165) is 22.6 Å². The van der Waals surface area contributed by atoms with Gasteiger partial charge in [0.05, 0.1) is 4.70 Å². The van der Waals surface area contributed by atoms with Crippen LogP contribution in [0.1, 0.15) is 11.3 Å². The number of rotatable bonds is 3. The molecule has 102 valence electrons. The van der Waals surface area contributed by atoms with E-state index < -0.39 is 0 Å². The quantitative estimate of drug-likeness (QED) is 0.612. The molecule has 0 radical (unpaired) electrons. The third-order valence-electron chi connectivity index (χ3n) is 3.40. The van der Waals surface area contributed by atoms with Gasteiger partial charge < -0.3 is 4.98 Å². The molecule has 0 spiro atoms. The average molecular weight is 291 g/mol. The zero-order chi connectivity index (χ0) is 14.1. The smallest absolute Gasteiger partial charge is 0.149 e. The van der Waals surface area contributed by atoms with Gasteiger partial charge in [0.2, 0.25) is 0 Å². The summed E-state index contributed by atoms with van der Waals surface area (Å²) in [6.07, 6.45) is 4.51. The number of pyridine rings is 1. The lowest BCUT2D eigenvalue weighted by molar-refractivity contribution is 1.11. The summed E-state index contributed by atoms with van der Waals surface area (Å²) in [6, 6.07) is 16.6. The van der Waals surface area contributed by atoms with Crippen LogP contribution in [0.2, 0.25) is 0 Å². The van der Waals surface area contributed by atoms with Crippen LogP contribution in [0.25, 0.3) is 20.9 Å². The molecule has 0 bridgehead atoms. The van der Waals surface area contributed by atoms with Gasteiger partial charge in [-0.3, -0.25) is 4.98 Å². The molecule has 0 aliphatic heterocycles. The maximum Gasteiger partial charge on any atom is 0.149 e. The van der Waals surface area contributed by atoms with E-state index in [1.165, 1.54) is 16.0 Å². The van der Waals surface area contributed by atoms with Crippen LogP contribution in [-0.2, 0) is 6.42 Å². The normalized spacial score (nSPS) is 11.0. The van der Waals surface area contributed by atoms with Crippen LogP contribution in [0.15, 0.2) is 60.9 Å². The standard InChI is InChI=1S/C17H13N3S/c1-2-4-12(5-3-1)10-14-11-15-16(19-14)20-17(21-15)13-6-8-18-9-7-13/h1-9,11,19H,10H2. The van der Waals surface area contributed by atoms with Gasteiger partial charge in [-0.25, -0.2) is 4.98 Å². The Morgan fingerprint density at radius 2 is 1.81 bits per heavy atom. The number of benzene rings is 1. The maximum atomic E-state index is 4.68. The lowest BCUT2D eigenvalue weighted by atomic mass is 10.1. The van der Waals surface area contributed by atoms with Crippen LogP contribution < -0.4 is 0 Å². The minimum atomic E-state index is 0.911. The van der Waals surface area contributed by atoms with Crippen LogP contribution in [-0.4, -0.2) is 15.0 Å². The first kappa shape index (κ1) is 12.3. The van der Waals surface area contributed by atoms with Crippen molar-refractivity contribution in [3.63, 3.8) is 0 Å². The number of thiazole rings is 1. The Bertz CT molecular complexity index is 831. The second-order valence-electron chi connectivity index (χ2n) is 4.92. The number of fused-ring (bicyclic) bond motifs is 1. The molecule has 3 nitrogen and oxygen atoms in total. The van der Waals surface area contributed by atoms with Crippen molar-refractivity contribution in [1.82, 2.24) is 15.0 Å². The average Bonchev–Trinajstić information content (AvgIpc) is 3.07. The first-order valence-electron chi connectivity index (χ1n) is 6.81. The second-order valence-corrected chi connectivity index (χ2v) is 5.96. The van der Waals surface area contributed by atoms with Crippen molar-refractivity contribution in [2.24, 2.45) is 0 Å². The molecule has 1 aromatic carbocycles. The molecule has 0 unspecified atom stereocenters. The summed E-state index contributed by atoms with van der Waals surface area (Å²) >= 11 is 1.71. The Labute approximate surface area is 126 Å². The van der Waals surface area contributed by atoms with E-state index in [1.54, 1.807) is 23.7 Å². The van der Waals surface area contributed by atoms with Crippen LogP contribution in [0.3, 0.4) is 0 Å². The number of nitrogens with one attached hydrogen (secondary N) is 1. The van der Waals surface area contributed by atoms with Crippen molar-refractivity contribution < 1.29 is 0 Å². The first-order valence-corrected chi connectivity index (χ1v) is 7.63. The van der Waals surface area contributed by atoms with Crippen molar-refractivity contribution in [2.75, 3.05) is 0 Å². The Morgan fingerprint density at radius 3 is 2.57 bits per heavy atom. The highest BCUT2D eigenvalue weighted by Gasteiger charge is 2.09. The second kappa shape index (κ2) is 5.14. The number of aromatic amines is 1. The predicted octanol–water partition coefficient (Wildman–Crippen LogP) is 4.28. The summed E-state index contributed by atoms with van der Waals surface area (Å²) in [5.74, 6) is 0. The number of hydrogen-bond acceptors (Lipinski definition) is 3. The van der Waals surface area contributed by atoms with Crippen LogP contribution in [0, 0.1) is 0 Å². The van der Waals surface area contributed by atoms with Gasteiger partial charge >= 0.3 is 0 Å². The van der Waals surface area contributed by atoms with Gasteiger partial charge in [0, 0.05) is 30.1 Å². The van der Waals surface area contributed by atoms with Crippen molar-refractivity contribution in [1.29, 1.82) is 0 Å². The largest absolute Gasteiger partial charge is 0.342 e. The van der Waals surface area contributed by atoms with E-state index in [-0.39, 0.29) is 0 Å². The lowest BCUT2D eigenvalue weighted by Crippen LogP contribution is -1.87. The summed E-state index contributed by atoms with van der Waals surface area (Å²) in [7, 11) is 0. The molecule has 0 aliphatic carbocycles. The van der Waals surface area contributed by atoms with Gasteiger partial charge in [-0.1, -0.05) is 30.3 Å². The highest BCUT2D eigenvalue weighted by molar-refractivity contribution is 7.21. The summed E-state index contributed by atoms with van der Waals surface area (Å²) in [5.41, 5.74) is 4.60. The van der Waals surface area contributed by atoms with Gasteiger partial charge in [-0.2, -0.15) is 0 Å². The molecule has 0 amide bonds. The van der Waals surface area contributed by atoms with Crippen LogP contribution in [0.5, 0.6) is 0 Å². The van der Waals surface area contributed by atoms with E-state index in [0.29, 0.717) is 0 Å². The number of H-pyrrole nitrogens is 1. The predicted molar refractivity (Wildman–Crippen MR) is 86.4 cm³/mol. The molecule has 1 N–H and O–H groups in total. The van der Waals surface area contributed by atoms with Crippen molar-refractivity contribution in [3.8, 4) is 10.6 Å². The van der Waals surface area contributed by atoms with Crippen LogP contribution in [0.4, 0.5) is 0 Å². The van der Waals surface area contributed by atoms with Crippen molar-refractivity contribution in [2.45, 2.75) is 6.42 Å².